The molecule has 0 heterocycles. The number of ether oxygens (including phenoxy) is 3. The van der Waals surface area contributed by atoms with E-state index in [1.807, 2.05) is 0 Å². The third kappa shape index (κ3) is 58.2. The highest BCUT2D eigenvalue weighted by Crippen LogP contribution is 2.14. The van der Waals surface area contributed by atoms with Gasteiger partial charge >= 0.3 is 17.9 Å². The minimum absolute atomic E-state index is 0.114. The monoisotopic (exact) mass is 1020 g/mol. The molecule has 0 saturated carbocycles. The van der Waals surface area contributed by atoms with E-state index in [9.17, 15) is 14.4 Å². The van der Waals surface area contributed by atoms with Crippen molar-refractivity contribution < 1.29 is 28.6 Å². The number of hydrogen-bond acceptors (Lipinski definition) is 6. The molecule has 0 fully saturated rings. The maximum absolute atomic E-state index is 12.8. The molecule has 6 heteroatoms. The largest absolute Gasteiger partial charge is 0.462 e. The number of esters is 3. The molecular formula is C68H108O6. The van der Waals surface area contributed by atoms with Gasteiger partial charge in [-0.1, -0.05) is 244 Å². The Morgan fingerprint density at radius 2 is 0.541 bits per heavy atom. The van der Waals surface area contributed by atoms with Crippen LogP contribution in [-0.4, -0.2) is 37.2 Å². The summed E-state index contributed by atoms with van der Waals surface area (Å²) in [5, 5.41) is 0. The Kier molecular flexibility index (Phi) is 57.0. The highest BCUT2D eigenvalue weighted by atomic mass is 16.6. The highest BCUT2D eigenvalue weighted by molar-refractivity contribution is 5.71. The molecule has 0 aliphatic heterocycles. The third-order valence-corrected chi connectivity index (χ3v) is 12.1. The van der Waals surface area contributed by atoms with Crippen LogP contribution in [0, 0.1) is 0 Å². The van der Waals surface area contributed by atoms with Crippen molar-refractivity contribution in [1.82, 2.24) is 0 Å². The van der Waals surface area contributed by atoms with Gasteiger partial charge in [0.15, 0.2) is 6.10 Å². The Morgan fingerprint density at radius 3 is 0.865 bits per heavy atom. The first-order valence-corrected chi connectivity index (χ1v) is 29.8. The molecule has 0 aliphatic carbocycles. The van der Waals surface area contributed by atoms with Gasteiger partial charge in [0.2, 0.25) is 0 Å². The molecule has 6 nitrogen and oxygen atoms in total. The summed E-state index contributed by atoms with van der Waals surface area (Å²) in [5.74, 6) is -0.997. The first-order chi connectivity index (χ1) is 36.5. The standard InChI is InChI=1S/C68H108O6/c1-4-7-10-13-16-19-22-25-28-30-31-32-33-34-35-36-37-39-40-43-46-49-52-55-58-61-67(70)73-64-65(63-72-66(69)60-57-54-51-48-45-42-27-24-21-18-15-12-9-6-3)74-68(71)62-59-56-53-50-47-44-41-38-29-26-23-20-17-14-11-8-5-2/h7-8,10-11,15-20,24-29,31-32,34-35,41,44,50,53,65H,4-6,9,12-14,21-23,30,33,36-40,42-43,45-49,51-52,54-64H2,1-3H3/b10-7-,11-8-,18-15-,19-16-,20-17-,27-24-,28-25-,29-26-,32-31-,35-34-,44-41-,53-50-. The van der Waals surface area contributed by atoms with Crippen LogP contribution in [0.4, 0.5) is 0 Å². The van der Waals surface area contributed by atoms with Crippen LogP contribution in [-0.2, 0) is 28.6 Å². The van der Waals surface area contributed by atoms with E-state index in [4.69, 9.17) is 14.2 Å². The van der Waals surface area contributed by atoms with Gasteiger partial charge in [0, 0.05) is 19.3 Å². The number of carbonyl (C=O) groups is 3. The van der Waals surface area contributed by atoms with E-state index in [1.165, 1.54) is 57.8 Å². The van der Waals surface area contributed by atoms with Crippen LogP contribution in [0.2, 0.25) is 0 Å². The summed E-state index contributed by atoms with van der Waals surface area (Å²) in [7, 11) is 0. The molecule has 1 unspecified atom stereocenters. The zero-order valence-corrected chi connectivity index (χ0v) is 47.5. The second-order valence-electron chi connectivity index (χ2n) is 19.1. The van der Waals surface area contributed by atoms with E-state index in [0.717, 1.165) is 141 Å². The molecule has 0 aromatic carbocycles. The van der Waals surface area contributed by atoms with E-state index in [-0.39, 0.29) is 37.5 Å². The molecule has 0 saturated heterocycles. The lowest BCUT2D eigenvalue weighted by Gasteiger charge is -2.18. The number of unbranched alkanes of at least 4 members (excludes halogenated alkanes) is 17. The zero-order valence-electron chi connectivity index (χ0n) is 47.5. The van der Waals surface area contributed by atoms with Gasteiger partial charge in [-0.05, 0) is 128 Å². The lowest BCUT2D eigenvalue weighted by molar-refractivity contribution is -0.167. The molecule has 0 amide bonds. The lowest BCUT2D eigenvalue weighted by Crippen LogP contribution is -2.30. The van der Waals surface area contributed by atoms with E-state index in [0.29, 0.717) is 19.3 Å². The summed E-state index contributed by atoms with van der Waals surface area (Å²) in [5.41, 5.74) is 0. The fourth-order valence-corrected chi connectivity index (χ4v) is 7.64. The van der Waals surface area contributed by atoms with Crippen molar-refractivity contribution in [3.8, 4) is 0 Å². The summed E-state index contributed by atoms with van der Waals surface area (Å²) < 4.78 is 16.8. The van der Waals surface area contributed by atoms with Gasteiger partial charge in [-0.2, -0.15) is 0 Å². The number of rotatable bonds is 52. The number of carbonyl (C=O) groups excluding carboxylic acids is 3. The second-order valence-corrected chi connectivity index (χ2v) is 19.1. The Hall–Kier alpha value is -4.71. The summed E-state index contributed by atoms with van der Waals surface area (Å²) >= 11 is 0. The maximum Gasteiger partial charge on any atom is 0.306 e. The van der Waals surface area contributed by atoms with Gasteiger partial charge in [-0.25, -0.2) is 0 Å². The van der Waals surface area contributed by atoms with Gasteiger partial charge in [0.25, 0.3) is 0 Å². The zero-order chi connectivity index (χ0) is 53.6. The SMILES string of the molecule is CC/C=C\C/C=C\C/C=C\C/C=C\C/C=C\CCCCCCCCCCCC(=O)OCC(COC(=O)CCCCCCC/C=C\C/C=C\CCCC)OC(=O)CCC/C=C\C/C=C\C/C=C\C/C=C\C/C=C\CC. The molecular weight excluding hydrogens is 913 g/mol. The number of allylic oxidation sites excluding steroid dienone is 24. The van der Waals surface area contributed by atoms with Crippen molar-refractivity contribution in [2.45, 2.75) is 252 Å². The average Bonchev–Trinajstić information content (AvgIpc) is 3.40. The average molecular weight is 1020 g/mol. The fourth-order valence-electron chi connectivity index (χ4n) is 7.64. The van der Waals surface area contributed by atoms with Gasteiger partial charge in [-0.3, -0.25) is 14.4 Å². The Bertz CT molecular complexity index is 1640. The Balaban J connectivity index is 4.45. The predicted octanol–water partition coefficient (Wildman–Crippen LogP) is 20.4. The maximum atomic E-state index is 12.8. The topological polar surface area (TPSA) is 78.9 Å². The molecule has 0 rings (SSSR count). The van der Waals surface area contributed by atoms with Crippen LogP contribution in [0.1, 0.15) is 245 Å². The first kappa shape index (κ1) is 69.3. The van der Waals surface area contributed by atoms with Crippen molar-refractivity contribution in [2.24, 2.45) is 0 Å². The van der Waals surface area contributed by atoms with Crippen LogP contribution in [0.5, 0.6) is 0 Å². The fraction of sp³-hybridized carbons (Fsp3) is 0.603. The highest BCUT2D eigenvalue weighted by Gasteiger charge is 2.19. The summed E-state index contributed by atoms with van der Waals surface area (Å²) in [6.45, 7) is 6.30. The second kappa shape index (κ2) is 60.8. The van der Waals surface area contributed by atoms with Gasteiger partial charge in [-0.15, -0.1) is 0 Å². The molecule has 74 heavy (non-hydrogen) atoms. The van der Waals surface area contributed by atoms with Crippen molar-refractivity contribution in [2.75, 3.05) is 13.2 Å². The Labute approximate surface area is 455 Å². The van der Waals surface area contributed by atoms with Crippen LogP contribution < -0.4 is 0 Å². The summed E-state index contributed by atoms with van der Waals surface area (Å²) in [4.78, 5) is 38.2. The third-order valence-electron chi connectivity index (χ3n) is 12.1. The van der Waals surface area contributed by atoms with E-state index >= 15 is 0 Å². The molecule has 1 atom stereocenters. The Morgan fingerprint density at radius 1 is 0.284 bits per heavy atom. The molecule has 0 aromatic rings. The smallest absolute Gasteiger partial charge is 0.306 e. The lowest BCUT2D eigenvalue weighted by atomic mass is 10.1. The van der Waals surface area contributed by atoms with Crippen LogP contribution >= 0.6 is 0 Å². The van der Waals surface area contributed by atoms with Gasteiger partial charge in [0.05, 0.1) is 0 Å². The van der Waals surface area contributed by atoms with Crippen LogP contribution in [0.25, 0.3) is 0 Å². The van der Waals surface area contributed by atoms with Crippen LogP contribution in [0.3, 0.4) is 0 Å². The molecule has 0 N–H and O–H groups in total. The molecule has 0 radical (unpaired) electrons. The minimum Gasteiger partial charge on any atom is -0.462 e. The van der Waals surface area contributed by atoms with Crippen molar-refractivity contribution in [3.05, 3.63) is 146 Å². The normalized spacial score (nSPS) is 13.2. The predicted molar refractivity (Wildman–Crippen MR) is 320 cm³/mol. The van der Waals surface area contributed by atoms with E-state index in [1.54, 1.807) is 0 Å². The molecule has 0 bridgehead atoms. The van der Waals surface area contributed by atoms with Gasteiger partial charge in [0.1, 0.15) is 13.2 Å². The molecule has 0 aromatic heterocycles. The first-order valence-electron chi connectivity index (χ1n) is 29.8. The van der Waals surface area contributed by atoms with E-state index < -0.39 is 6.10 Å². The van der Waals surface area contributed by atoms with Gasteiger partial charge < -0.3 is 14.2 Å². The van der Waals surface area contributed by atoms with Crippen molar-refractivity contribution >= 4 is 17.9 Å². The van der Waals surface area contributed by atoms with Crippen molar-refractivity contribution in [3.63, 3.8) is 0 Å². The van der Waals surface area contributed by atoms with Crippen molar-refractivity contribution in [1.29, 1.82) is 0 Å². The quantitative estimate of drug-likeness (QED) is 0.0261. The number of hydrogen-bond donors (Lipinski definition) is 0. The molecule has 0 aliphatic rings. The molecule has 416 valence electrons. The minimum atomic E-state index is -0.823. The van der Waals surface area contributed by atoms with Crippen LogP contribution in [0.15, 0.2) is 146 Å². The van der Waals surface area contributed by atoms with E-state index in [2.05, 4.69) is 167 Å². The summed E-state index contributed by atoms with van der Waals surface area (Å²) in [6.07, 6.45) is 87.0. The summed E-state index contributed by atoms with van der Waals surface area (Å²) in [6, 6.07) is 0. The molecule has 0 spiro atoms.